The lowest BCUT2D eigenvalue weighted by atomic mass is 9.33. The highest BCUT2D eigenvalue weighted by Crippen LogP contribution is 2.77. The number of carbonyl (C=O) groups is 2. The van der Waals surface area contributed by atoms with Gasteiger partial charge in [-0.3, -0.25) is 9.69 Å². The number of fused-ring (bicyclic) bond motifs is 7. The second-order valence-electron chi connectivity index (χ2n) is 20.3. The van der Waals surface area contributed by atoms with Gasteiger partial charge in [-0.25, -0.2) is 4.79 Å². The Hall–Kier alpha value is -2.28. The van der Waals surface area contributed by atoms with Crippen LogP contribution in [0.5, 0.6) is 0 Å². The molecule has 8 atom stereocenters. The summed E-state index contributed by atoms with van der Waals surface area (Å²) < 4.78 is 0. The molecule has 7 rings (SSSR count). The van der Waals surface area contributed by atoms with Crippen LogP contribution in [0.15, 0.2) is 41.5 Å². The molecule has 0 spiro atoms. The largest absolute Gasteiger partial charge is 0.478 e. The standard InChI is InChI=1S/C46H68N2O4/c1-29(2)39-35(49)26-46(38(50)28-48(25-24-47(8)9)27-30-10-11-30)23-22-44(6)34(40(39)46)16-17-37-43(5)20-18-33(31-12-14-32(15-13-31)41(51)52)42(3,4)36(43)19-21-45(37,44)7/h12-15,18,29-30,34,36-38,50H,10-11,16-17,19-28H2,1-9H3,(H,51,52)/t34-,36+,37-,38+,43+,44-,45-,46+/m1/s1. The Bertz CT molecular complexity index is 1640. The van der Waals surface area contributed by atoms with Crippen molar-refractivity contribution in [1.82, 2.24) is 9.80 Å². The summed E-state index contributed by atoms with van der Waals surface area (Å²) in [4.78, 5) is 30.6. The minimum Gasteiger partial charge on any atom is -0.478 e. The van der Waals surface area contributed by atoms with Crippen LogP contribution < -0.4 is 0 Å². The number of rotatable bonds is 11. The van der Waals surface area contributed by atoms with Crippen molar-refractivity contribution < 1.29 is 19.8 Å². The number of Topliss-reactive ketones (excluding diaryl/α,β-unsaturated/α-hetero) is 1. The highest BCUT2D eigenvalue weighted by Gasteiger charge is 2.70. The van der Waals surface area contributed by atoms with Gasteiger partial charge in [-0.1, -0.05) is 72.2 Å². The monoisotopic (exact) mass is 713 g/mol. The smallest absolute Gasteiger partial charge is 0.335 e. The van der Waals surface area contributed by atoms with Gasteiger partial charge in [0.1, 0.15) is 0 Å². The first-order valence-electron chi connectivity index (χ1n) is 20.8. The molecule has 0 heterocycles. The zero-order valence-electron chi connectivity index (χ0n) is 33.9. The van der Waals surface area contributed by atoms with E-state index < -0.39 is 17.5 Å². The number of carboxylic acid groups (broad SMARTS) is 1. The van der Waals surface area contributed by atoms with Gasteiger partial charge in [-0.15, -0.1) is 0 Å². The maximum atomic E-state index is 14.2. The van der Waals surface area contributed by atoms with Crippen LogP contribution in [0.25, 0.3) is 5.57 Å². The summed E-state index contributed by atoms with van der Waals surface area (Å²) in [5.41, 5.74) is 5.18. The van der Waals surface area contributed by atoms with Crippen LogP contribution in [-0.4, -0.2) is 78.1 Å². The number of hydrogen-bond donors (Lipinski definition) is 2. The number of carboxylic acids is 1. The third-order valence-electron chi connectivity index (χ3n) is 16.7. The summed E-state index contributed by atoms with van der Waals surface area (Å²) in [5.74, 6) is 1.78. The number of likely N-dealkylation sites (N-methyl/N-ethyl adjacent to an activating group) is 1. The summed E-state index contributed by atoms with van der Waals surface area (Å²) >= 11 is 0. The first kappa shape index (κ1) is 38.0. The number of nitrogens with zero attached hydrogens (tertiary/aromatic N) is 2. The molecule has 0 amide bonds. The first-order valence-corrected chi connectivity index (χ1v) is 20.8. The molecule has 0 saturated heterocycles. The van der Waals surface area contributed by atoms with Crippen molar-refractivity contribution in [3.05, 3.63) is 52.6 Å². The van der Waals surface area contributed by atoms with Gasteiger partial charge in [-0.05, 0) is 152 Å². The molecule has 0 unspecified atom stereocenters. The van der Waals surface area contributed by atoms with E-state index in [2.05, 4.69) is 78.4 Å². The number of carbonyl (C=O) groups excluding carboxylic acids is 1. The number of ketones is 1. The van der Waals surface area contributed by atoms with Crippen molar-refractivity contribution in [3.63, 3.8) is 0 Å². The van der Waals surface area contributed by atoms with Crippen LogP contribution in [0.3, 0.4) is 0 Å². The molecule has 0 aromatic heterocycles. The van der Waals surface area contributed by atoms with E-state index in [1.165, 1.54) is 43.3 Å². The zero-order chi connectivity index (χ0) is 37.6. The van der Waals surface area contributed by atoms with Crippen LogP contribution in [0.1, 0.15) is 129 Å². The Labute approximate surface area is 314 Å². The lowest BCUT2D eigenvalue weighted by Crippen LogP contribution is -2.64. The molecule has 0 radical (unpaired) electrons. The predicted octanol–water partition coefficient (Wildman–Crippen LogP) is 8.99. The number of aliphatic hydroxyl groups excluding tert-OH is 1. The molecule has 52 heavy (non-hydrogen) atoms. The summed E-state index contributed by atoms with van der Waals surface area (Å²) in [6.07, 6.45) is 12.7. The average Bonchev–Trinajstić information content (AvgIpc) is 3.83. The summed E-state index contributed by atoms with van der Waals surface area (Å²) in [6, 6.07) is 7.53. The van der Waals surface area contributed by atoms with Crippen molar-refractivity contribution >= 4 is 17.3 Å². The van der Waals surface area contributed by atoms with E-state index in [-0.39, 0.29) is 27.6 Å². The first-order chi connectivity index (χ1) is 24.4. The number of aromatic carboxylic acids is 1. The second-order valence-corrected chi connectivity index (χ2v) is 20.3. The van der Waals surface area contributed by atoms with Gasteiger partial charge in [0.2, 0.25) is 0 Å². The van der Waals surface area contributed by atoms with Gasteiger partial charge < -0.3 is 15.1 Å². The summed E-state index contributed by atoms with van der Waals surface area (Å²) in [5, 5.41) is 22.0. The molecule has 1 aromatic carbocycles. The van der Waals surface area contributed by atoms with Gasteiger partial charge in [0, 0.05) is 38.0 Å². The van der Waals surface area contributed by atoms with Crippen molar-refractivity contribution in [2.45, 2.75) is 119 Å². The number of aliphatic hydroxyl groups is 1. The van der Waals surface area contributed by atoms with Crippen LogP contribution in [0.4, 0.5) is 0 Å². The van der Waals surface area contributed by atoms with E-state index in [1.54, 1.807) is 12.1 Å². The molecule has 6 aliphatic rings. The lowest BCUT2D eigenvalue weighted by molar-refractivity contribution is -0.200. The second kappa shape index (κ2) is 13.2. The molecule has 4 saturated carbocycles. The van der Waals surface area contributed by atoms with Crippen molar-refractivity contribution in [1.29, 1.82) is 0 Å². The van der Waals surface area contributed by atoms with Crippen LogP contribution in [0, 0.1) is 56.7 Å². The van der Waals surface area contributed by atoms with E-state index in [1.807, 2.05) is 12.1 Å². The van der Waals surface area contributed by atoms with Crippen LogP contribution >= 0.6 is 0 Å². The number of hydrogen-bond acceptors (Lipinski definition) is 5. The third-order valence-corrected chi connectivity index (χ3v) is 16.7. The molecular weight excluding hydrogens is 645 g/mol. The van der Waals surface area contributed by atoms with E-state index in [4.69, 9.17) is 0 Å². The minimum atomic E-state index is -0.880. The molecule has 6 nitrogen and oxygen atoms in total. The van der Waals surface area contributed by atoms with Gasteiger partial charge in [0.15, 0.2) is 5.78 Å². The Morgan fingerprint density at radius 2 is 1.58 bits per heavy atom. The van der Waals surface area contributed by atoms with E-state index >= 15 is 0 Å². The molecule has 6 aliphatic carbocycles. The molecule has 0 aliphatic heterocycles. The van der Waals surface area contributed by atoms with Crippen molar-refractivity contribution in [2.24, 2.45) is 56.7 Å². The molecular formula is C46H68N2O4. The molecule has 0 bridgehead atoms. The molecule has 4 fully saturated rings. The summed E-state index contributed by atoms with van der Waals surface area (Å²) in [7, 11) is 4.27. The Kier molecular flexibility index (Phi) is 9.64. The highest BCUT2D eigenvalue weighted by molar-refractivity contribution is 6.00. The Morgan fingerprint density at radius 3 is 2.19 bits per heavy atom. The van der Waals surface area contributed by atoms with Crippen LogP contribution in [-0.2, 0) is 4.79 Å². The highest BCUT2D eigenvalue weighted by atomic mass is 16.4. The maximum Gasteiger partial charge on any atom is 0.335 e. The van der Waals surface area contributed by atoms with Gasteiger partial charge in [0.05, 0.1) is 11.7 Å². The number of benzene rings is 1. The third kappa shape index (κ3) is 5.83. The predicted molar refractivity (Wildman–Crippen MR) is 210 cm³/mol. The lowest BCUT2D eigenvalue weighted by Gasteiger charge is -2.71. The fourth-order valence-corrected chi connectivity index (χ4v) is 13.7. The SMILES string of the molecule is CC(C)C1=C2[C@H]3CC[C@@H]4[C@@]5(C)CC=C(c6ccc(C(=O)O)cc6)C(C)(C)[C@@H]5CC[C@@]4(C)[C@]3(C)CC[C@@]2([C@@H](O)CN(CCN(C)C)CC2CC2)CC1=O. The zero-order valence-corrected chi connectivity index (χ0v) is 33.9. The van der Waals surface area contributed by atoms with Gasteiger partial charge >= 0.3 is 5.97 Å². The molecule has 6 heteroatoms. The maximum absolute atomic E-state index is 14.2. The molecule has 1 aromatic rings. The Morgan fingerprint density at radius 1 is 0.885 bits per heavy atom. The van der Waals surface area contributed by atoms with Crippen molar-refractivity contribution in [2.75, 3.05) is 40.3 Å². The quantitative estimate of drug-likeness (QED) is 0.239. The fraction of sp³-hybridized carbons (Fsp3) is 0.739. The topological polar surface area (TPSA) is 81.1 Å². The molecule has 2 N–H and O–H groups in total. The molecule has 286 valence electrons. The normalized spacial score (nSPS) is 37.4. The number of allylic oxidation sites excluding steroid dienone is 3. The van der Waals surface area contributed by atoms with Crippen LogP contribution in [0.2, 0.25) is 0 Å². The van der Waals surface area contributed by atoms with Gasteiger partial charge in [-0.2, -0.15) is 0 Å². The van der Waals surface area contributed by atoms with E-state index in [9.17, 15) is 19.8 Å². The van der Waals surface area contributed by atoms with E-state index in [0.29, 0.717) is 42.1 Å². The van der Waals surface area contributed by atoms with E-state index in [0.717, 1.165) is 62.4 Å². The summed E-state index contributed by atoms with van der Waals surface area (Å²) in [6.45, 7) is 20.8. The average molecular weight is 713 g/mol. The fourth-order valence-electron chi connectivity index (χ4n) is 13.7. The van der Waals surface area contributed by atoms with Crippen molar-refractivity contribution in [3.8, 4) is 0 Å². The Balaban J connectivity index is 1.21. The minimum absolute atomic E-state index is 0.0349. The van der Waals surface area contributed by atoms with Gasteiger partial charge in [0.25, 0.3) is 0 Å².